The van der Waals surface area contributed by atoms with Crippen LogP contribution in [0, 0.1) is 0 Å². The zero-order chi connectivity index (χ0) is 13.0. The Labute approximate surface area is 117 Å². The predicted molar refractivity (Wildman–Crippen MR) is 76.8 cm³/mol. The highest BCUT2D eigenvalue weighted by Gasteiger charge is 2.29. The van der Waals surface area contributed by atoms with Gasteiger partial charge < -0.3 is 9.80 Å². The van der Waals surface area contributed by atoms with Crippen molar-refractivity contribution >= 4 is 21.8 Å². The van der Waals surface area contributed by atoms with Crippen LogP contribution in [0.25, 0.3) is 0 Å². The average molecular weight is 311 g/mol. The molecule has 1 unspecified atom stereocenters. The predicted octanol–water partition coefficient (Wildman–Crippen LogP) is 2.29. The molecular weight excluding hydrogens is 292 g/mol. The van der Waals surface area contributed by atoms with Crippen LogP contribution in [0.3, 0.4) is 0 Å². The van der Waals surface area contributed by atoms with Gasteiger partial charge in [-0.1, -0.05) is 46.3 Å². The Morgan fingerprint density at radius 2 is 2.06 bits per heavy atom. The van der Waals surface area contributed by atoms with Gasteiger partial charge in [-0.25, -0.2) is 0 Å². The van der Waals surface area contributed by atoms with Gasteiger partial charge in [0.25, 0.3) is 0 Å². The van der Waals surface area contributed by atoms with Gasteiger partial charge in [0.15, 0.2) is 0 Å². The first-order valence-corrected chi connectivity index (χ1v) is 7.43. The number of amides is 1. The van der Waals surface area contributed by atoms with Crippen LogP contribution >= 0.6 is 15.9 Å². The molecule has 4 heteroatoms. The van der Waals surface area contributed by atoms with Crippen LogP contribution in [-0.2, 0) is 4.79 Å². The number of piperazine rings is 1. The fourth-order valence-corrected chi connectivity index (χ4v) is 2.74. The molecule has 0 radical (unpaired) electrons. The van der Waals surface area contributed by atoms with Gasteiger partial charge >= 0.3 is 0 Å². The van der Waals surface area contributed by atoms with Crippen LogP contribution in [0.5, 0.6) is 0 Å². The number of nitrogens with zero attached hydrogens (tertiary/aromatic N) is 2. The molecule has 1 aliphatic rings. The molecule has 0 N–H and O–H groups in total. The van der Waals surface area contributed by atoms with E-state index in [1.807, 2.05) is 23.1 Å². The molecule has 1 heterocycles. The summed E-state index contributed by atoms with van der Waals surface area (Å²) in [5, 5.41) is 0.736. The van der Waals surface area contributed by atoms with E-state index in [0.717, 1.165) is 25.0 Å². The molecule has 1 aliphatic heterocycles. The quantitative estimate of drug-likeness (QED) is 0.800. The maximum atomic E-state index is 12.2. The van der Waals surface area contributed by atoms with Crippen molar-refractivity contribution < 1.29 is 4.79 Å². The third kappa shape index (κ3) is 3.12. The van der Waals surface area contributed by atoms with E-state index in [9.17, 15) is 4.79 Å². The second-order valence-electron chi connectivity index (χ2n) is 4.71. The number of rotatable bonds is 3. The van der Waals surface area contributed by atoms with E-state index in [1.54, 1.807) is 0 Å². The normalized spacial score (nSPS) is 21.0. The highest BCUT2D eigenvalue weighted by atomic mass is 79.9. The lowest BCUT2D eigenvalue weighted by atomic mass is 10.0. The molecule has 0 saturated carbocycles. The summed E-state index contributed by atoms with van der Waals surface area (Å²) in [7, 11) is 2.11. The van der Waals surface area contributed by atoms with E-state index in [-0.39, 0.29) is 11.9 Å². The van der Waals surface area contributed by atoms with Crippen molar-refractivity contribution in [2.45, 2.75) is 12.5 Å². The molecule has 2 rings (SSSR count). The second-order valence-corrected chi connectivity index (χ2v) is 5.51. The molecule has 1 amide bonds. The lowest BCUT2D eigenvalue weighted by Gasteiger charge is -2.40. The summed E-state index contributed by atoms with van der Waals surface area (Å²) in [5.41, 5.74) is 1.23. The third-order valence-electron chi connectivity index (χ3n) is 3.40. The van der Waals surface area contributed by atoms with Crippen LogP contribution < -0.4 is 0 Å². The topological polar surface area (TPSA) is 23.6 Å². The summed E-state index contributed by atoms with van der Waals surface area (Å²) < 4.78 is 0. The molecule has 98 valence electrons. The van der Waals surface area contributed by atoms with Crippen molar-refractivity contribution in [3.63, 3.8) is 0 Å². The zero-order valence-corrected chi connectivity index (χ0v) is 12.3. The molecule has 0 aromatic heterocycles. The standard InChI is InChI=1S/C14H19BrN2O/c1-16-9-10-17(14(18)7-8-15)13(11-16)12-5-3-2-4-6-12/h2-6,13H,7-11H2,1H3. The maximum Gasteiger partial charge on any atom is 0.224 e. The minimum atomic E-state index is 0.191. The number of alkyl halides is 1. The molecule has 0 aliphatic carbocycles. The van der Waals surface area contributed by atoms with E-state index < -0.39 is 0 Å². The number of likely N-dealkylation sites (N-methyl/N-ethyl adjacent to an activating group) is 1. The molecule has 3 nitrogen and oxygen atoms in total. The van der Waals surface area contributed by atoms with Crippen LogP contribution in [0.15, 0.2) is 30.3 Å². The zero-order valence-electron chi connectivity index (χ0n) is 10.7. The van der Waals surface area contributed by atoms with Crippen molar-refractivity contribution in [3.8, 4) is 0 Å². The highest BCUT2D eigenvalue weighted by Crippen LogP contribution is 2.25. The summed E-state index contributed by atoms with van der Waals surface area (Å²) in [6.07, 6.45) is 0.576. The highest BCUT2D eigenvalue weighted by molar-refractivity contribution is 9.09. The lowest BCUT2D eigenvalue weighted by Crippen LogP contribution is -2.49. The first-order valence-electron chi connectivity index (χ1n) is 6.31. The van der Waals surface area contributed by atoms with E-state index in [0.29, 0.717) is 6.42 Å². The van der Waals surface area contributed by atoms with Crippen LogP contribution in [0.1, 0.15) is 18.0 Å². The van der Waals surface area contributed by atoms with Gasteiger partial charge in [0.1, 0.15) is 0 Å². The number of carbonyl (C=O) groups is 1. The largest absolute Gasteiger partial charge is 0.333 e. The van der Waals surface area contributed by atoms with Gasteiger partial charge in [0.05, 0.1) is 6.04 Å². The Bertz CT molecular complexity index is 396. The molecule has 0 spiro atoms. The Kier molecular flexibility index (Phi) is 4.78. The molecule has 1 atom stereocenters. The minimum Gasteiger partial charge on any atom is -0.333 e. The molecule has 0 bridgehead atoms. The fourth-order valence-electron chi connectivity index (χ4n) is 2.40. The monoisotopic (exact) mass is 310 g/mol. The first kappa shape index (κ1) is 13.6. The van der Waals surface area contributed by atoms with Gasteiger partial charge in [-0.2, -0.15) is 0 Å². The Balaban J connectivity index is 2.19. The summed E-state index contributed by atoms with van der Waals surface area (Å²) in [4.78, 5) is 16.5. The van der Waals surface area contributed by atoms with Crippen molar-refractivity contribution in [2.24, 2.45) is 0 Å². The fraction of sp³-hybridized carbons (Fsp3) is 0.500. The molecule has 1 aromatic rings. The number of carbonyl (C=O) groups excluding carboxylic acids is 1. The van der Waals surface area contributed by atoms with Crippen molar-refractivity contribution in [2.75, 3.05) is 32.0 Å². The SMILES string of the molecule is CN1CCN(C(=O)CCBr)C(c2ccccc2)C1. The summed E-state index contributed by atoms with van der Waals surface area (Å²) in [6.45, 7) is 2.69. The number of halogens is 1. The van der Waals surface area contributed by atoms with Gasteiger partial charge in [0.2, 0.25) is 5.91 Å². The lowest BCUT2D eigenvalue weighted by molar-refractivity contribution is -0.135. The smallest absolute Gasteiger partial charge is 0.224 e. The number of benzene rings is 1. The maximum absolute atomic E-state index is 12.2. The van der Waals surface area contributed by atoms with E-state index >= 15 is 0 Å². The average Bonchev–Trinajstić information content (AvgIpc) is 2.40. The summed E-state index contributed by atoms with van der Waals surface area (Å²) >= 11 is 3.35. The second kappa shape index (κ2) is 6.34. The van der Waals surface area contributed by atoms with Crippen LogP contribution in [0.4, 0.5) is 0 Å². The van der Waals surface area contributed by atoms with Crippen LogP contribution in [0.2, 0.25) is 0 Å². The number of hydrogen-bond donors (Lipinski definition) is 0. The molecule has 1 fully saturated rings. The Hall–Kier alpha value is -0.870. The Morgan fingerprint density at radius 3 is 2.72 bits per heavy atom. The van der Waals surface area contributed by atoms with Gasteiger partial charge in [0, 0.05) is 31.4 Å². The van der Waals surface area contributed by atoms with E-state index in [4.69, 9.17) is 0 Å². The van der Waals surface area contributed by atoms with Gasteiger partial charge in [-0.3, -0.25) is 4.79 Å². The molecule has 1 aromatic carbocycles. The van der Waals surface area contributed by atoms with E-state index in [2.05, 4.69) is 40.0 Å². The van der Waals surface area contributed by atoms with E-state index in [1.165, 1.54) is 5.56 Å². The Morgan fingerprint density at radius 1 is 1.33 bits per heavy atom. The molecule has 18 heavy (non-hydrogen) atoms. The van der Waals surface area contributed by atoms with Crippen molar-refractivity contribution in [1.29, 1.82) is 0 Å². The minimum absolute atomic E-state index is 0.191. The summed E-state index contributed by atoms with van der Waals surface area (Å²) in [6, 6.07) is 10.5. The first-order chi connectivity index (χ1) is 8.72. The molecular formula is C14H19BrN2O. The molecule has 1 saturated heterocycles. The van der Waals surface area contributed by atoms with Crippen LogP contribution in [-0.4, -0.2) is 47.7 Å². The van der Waals surface area contributed by atoms with Crippen molar-refractivity contribution in [1.82, 2.24) is 9.80 Å². The van der Waals surface area contributed by atoms with Crippen molar-refractivity contribution in [3.05, 3.63) is 35.9 Å². The number of hydrogen-bond acceptors (Lipinski definition) is 2. The third-order valence-corrected chi connectivity index (χ3v) is 3.79. The summed E-state index contributed by atoms with van der Waals surface area (Å²) in [5.74, 6) is 0.244. The van der Waals surface area contributed by atoms with Gasteiger partial charge in [-0.05, 0) is 12.6 Å². The van der Waals surface area contributed by atoms with Gasteiger partial charge in [-0.15, -0.1) is 0 Å².